The Morgan fingerprint density at radius 1 is 1.32 bits per heavy atom. The summed E-state index contributed by atoms with van der Waals surface area (Å²) < 4.78 is 45.1. The lowest BCUT2D eigenvalue weighted by molar-refractivity contribution is -0.138. The normalized spacial score (nSPS) is 15.6. The van der Waals surface area contributed by atoms with Crippen LogP contribution in [0, 0.1) is 5.92 Å². The van der Waals surface area contributed by atoms with Gasteiger partial charge in [0.15, 0.2) is 0 Å². The summed E-state index contributed by atoms with van der Waals surface area (Å²) in [6.45, 7) is 4.88. The van der Waals surface area contributed by atoms with Crippen molar-refractivity contribution in [1.82, 2.24) is 10.6 Å². The van der Waals surface area contributed by atoms with Gasteiger partial charge < -0.3 is 15.4 Å². The van der Waals surface area contributed by atoms with Crippen molar-refractivity contribution in [2.75, 3.05) is 13.1 Å². The highest BCUT2D eigenvalue weighted by atomic mass is 35.5. The first-order chi connectivity index (χ1) is 11.3. The van der Waals surface area contributed by atoms with Crippen molar-refractivity contribution in [3.05, 3.63) is 29.3 Å². The van der Waals surface area contributed by atoms with Crippen molar-refractivity contribution in [3.63, 3.8) is 0 Å². The molecule has 1 amide bonds. The maximum atomic E-state index is 13.3. The fourth-order valence-corrected chi connectivity index (χ4v) is 2.73. The quantitative estimate of drug-likeness (QED) is 0.821. The number of amides is 1. The average Bonchev–Trinajstić information content (AvgIpc) is 2.52. The summed E-state index contributed by atoms with van der Waals surface area (Å²) in [5.74, 6) is -0.151. The second-order valence-corrected chi connectivity index (χ2v) is 6.23. The number of rotatable bonds is 5. The van der Waals surface area contributed by atoms with Crippen molar-refractivity contribution >= 4 is 18.3 Å². The first kappa shape index (κ1) is 21.6. The van der Waals surface area contributed by atoms with Crippen molar-refractivity contribution in [2.45, 2.75) is 45.5 Å². The highest BCUT2D eigenvalue weighted by Gasteiger charge is 2.34. The number of carbonyl (C=O) groups is 1. The largest absolute Gasteiger partial charge is 0.491 e. The highest BCUT2D eigenvalue weighted by Crippen LogP contribution is 2.34. The zero-order chi connectivity index (χ0) is 17.7. The molecule has 0 aliphatic carbocycles. The Bertz CT molecular complexity index is 574. The predicted molar refractivity (Wildman–Crippen MR) is 91.9 cm³/mol. The fraction of sp³-hybridized carbons (Fsp3) is 0.588. The Morgan fingerprint density at radius 3 is 2.52 bits per heavy atom. The molecule has 142 valence electrons. The van der Waals surface area contributed by atoms with Crippen LogP contribution in [0.15, 0.2) is 18.2 Å². The number of ether oxygens (including phenoxy) is 1. The van der Waals surface area contributed by atoms with Crippen LogP contribution < -0.4 is 15.4 Å². The van der Waals surface area contributed by atoms with E-state index in [1.807, 2.05) is 0 Å². The third-order valence-electron chi connectivity index (χ3n) is 3.92. The summed E-state index contributed by atoms with van der Waals surface area (Å²) in [4.78, 5) is 12.1. The van der Waals surface area contributed by atoms with Gasteiger partial charge in [0.05, 0.1) is 11.7 Å². The standard InChI is InChI=1S/C17H23F3N2O2.ClH/c1-11(2)24-14-4-3-13(15(9-14)17(18,19)20)10-22-16(23)12-5-7-21-8-6-12;/h3-4,9,11-12,21H,5-8,10H2,1-2H3,(H,22,23);1H. The monoisotopic (exact) mass is 380 g/mol. The predicted octanol–water partition coefficient (Wildman–Crippen LogP) is 3.53. The molecule has 1 saturated heterocycles. The lowest BCUT2D eigenvalue weighted by Gasteiger charge is -2.22. The Morgan fingerprint density at radius 2 is 1.96 bits per heavy atom. The van der Waals surface area contributed by atoms with E-state index in [9.17, 15) is 18.0 Å². The Kier molecular flexibility index (Phi) is 8.02. The van der Waals surface area contributed by atoms with Crippen molar-refractivity contribution in [2.24, 2.45) is 5.92 Å². The minimum atomic E-state index is -4.49. The van der Waals surface area contributed by atoms with Crippen LogP contribution in [0.25, 0.3) is 0 Å². The molecule has 2 rings (SSSR count). The number of nitrogens with one attached hydrogen (secondary N) is 2. The summed E-state index contributed by atoms with van der Waals surface area (Å²) in [7, 11) is 0. The zero-order valence-corrected chi connectivity index (χ0v) is 15.1. The van der Waals surface area contributed by atoms with Crippen LogP contribution in [0.2, 0.25) is 0 Å². The summed E-state index contributed by atoms with van der Waals surface area (Å²) in [6.07, 6.45) is -3.29. The number of halogens is 4. The Hall–Kier alpha value is -1.47. The average molecular weight is 381 g/mol. The van der Waals surface area contributed by atoms with Crippen LogP contribution in [0.3, 0.4) is 0 Å². The molecule has 0 radical (unpaired) electrons. The van der Waals surface area contributed by atoms with Crippen LogP contribution in [0.1, 0.15) is 37.8 Å². The molecule has 0 atom stereocenters. The number of hydrogen-bond donors (Lipinski definition) is 2. The number of benzene rings is 1. The smallest absolute Gasteiger partial charge is 0.416 e. The maximum Gasteiger partial charge on any atom is 0.416 e. The van der Waals surface area contributed by atoms with Crippen LogP contribution >= 0.6 is 12.4 Å². The van der Waals surface area contributed by atoms with Gasteiger partial charge >= 0.3 is 6.18 Å². The third-order valence-corrected chi connectivity index (χ3v) is 3.92. The minimum absolute atomic E-state index is 0. The summed E-state index contributed by atoms with van der Waals surface area (Å²) in [5, 5.41) is 5.79. The topological polar surface area (TPSA) is 50.4 Å². The van der Waals surface area contributed by atoms with Crippen molar-refractivity contribution in [3.8, 4) is 5.75 Å². The first-order valence-corrected chi connectivity index (χ1v) is 8.12. The summed E-state index contributed by atoms with van der Waals surface area (Å²) in [5.41, 5.74) is -0.729. The van der Waals surface area contributed by atoms with E-state index in [1.165, 1.54) is 12.1 Å². The molecule has 1 aromatic rings. The fourth-order valence-electron chi connectivity index (χ4n) is 2.73. The van der Waals surface area contributed by atoms with Gasteiger partial charge in [-0.25, -0.2) is 0 Å². The van der Waals surface area contributed by atoms with Crippen LogP contribution in [-0.2, 0) is 17.5 Å². The van der Waals surface area contributed by atoms with Crippen LogP contribution in [0.4, 0.5) is 13.2 Å². The molecule has 0 spiro atoms. The molecular formula is C17H24ClF3N2O2. The Labute approximate surface area is 151 Å². The lowest BCUT2D eigenvalue weighted by atomic mass is 9.97. The van der Waals surface area contributed by atoms with E-state index in [0.717, 1.165) is 19.2 Å². The van der Waals surface area contributed by atoms with E-state index < -0.39 is 11.7 Å². The third kappa shape index (κ3) is 6.40. The number of hydrogen-bond acceptors (Lipinski definition) is 3. The van der Waals surface area contributed by atoms with Crippen molar-refractivity contribution < 1.29 is 22.7 Å². The van der Waals surface area contributed by atoms with Gasteiger partial charge in [-0.05, 0) is 57.5 Å². The molecule has 1 aromatic carbocycles. The minimum Gasteiger partial charge on any atom is -0.491 e. The highest BCUT2D eigenvalue weighted by molar-refractivity contribution is 5.85. The van der Waals surface area contributed by atoms with Gasteiger partial charge in [-0.15, -0.1) is 12.4 Å². The molecule has 0 bridgehead atoms. The van der Waals surface area contributed by atoms with Gasteiger partial charge in [0.25, 0.3) is 0 Å². The molecule has 0 saturated carbocycles. The molecule has 0 unspecified atom stereocenters. The van der Waals surface area contributed by atoms with Crippen LogP contribution in [0.5, 0.6) is 5.75 Å². The molecule has 1 aliphatic rings. The van der Waals surface area contributed by atoms with Gasteiger partial charge in [-0.1, -0.05) is 6.07 Å². The molecule has 4 nitrogen and oxygen atoms in total. The molecule has 8 heteroatoms. The maximum absolute atomic E-state index is 13.3. The molecule has 25 heavy (non-hydrogen) atoms. The molecule has 0 aromatic heterocycles. The van der Waals surface area contributed by atoms with Crippen LogP contribution in [-0.4, -0.2) is 25.1 Å². The Balaban J connectivity index is 0.00000312. The molecule has 1 heterocycles. The van der Waals surface area contributed by atoms with Gasteiger partial charge in [-0.2, -0.15) is 13.2 Å². The molecule has 2 N–H and O–H groups in total. The second kappa shape index (κ2) is 9.29. The first-order valence-electron chi connectivity index (χ1n) is 8.12. The van der Waals surface area contributed by atoms with E-state index in [2.05, 4.69) is 10.6 Å². The van der Waals surface area contributed by atoms with E-state index in [4.69, 9.17) is 4.74 Å². The molecular weight excluding hydrogens is 357 g/mol. The van der Waals surface area contributed by atoms with Gasteiger partial charge in [0.2, 0.25) is 5.91 Å². The number of carbonyl (C=O) groups excluding carboxylic acids is 1. The van der Waals surface area contributed by atoms with E-state index in [0.29, 0.717) is 12.8 Å². The second-order valence-electron chi connectivity index (χ2n) is 6.23. The summed E-state index contributed by atoms with van der Waals surface area (Å²) >= 11 is 0. The van der Waals surface area contributed by atoms with E-state index in [-0.39, 0.29) is 48.2 Å². The van der Waals surface area contributed by atoms with Gasteiger partial charge in [0.1, 0.15) is 5.75 Å². The number of piperidine rings is 1. The molecule has 1 aliphatic heterocycles. The zero-order valence-electron chi connectivity index (χ0n) is 14.3. The number of alkyl halides is 3. The lowest BCUT2D eigenvalue weighted by Crippen LogP contribution is -2.38. The van der Waals surface area contributed by atoms with E-state index >= 15 is 0 Å². The molecule has 1 fully saturated rings. The van der Waals surface area contributed by atoms with Gasteiger partial charge in [0, 0.05) is 12.5 Å². The summed E-state index contributed by atoms with van der Waals surface area (Å²) in [6, 6.07) is 3.86. The van der Waals surface area contributed by atoms with Crippen molar-refractivity contribution in [1.29, 1.82) is 0 Å². The SMILES string of the molecule is CC(C)Oc1ccc(CNC(=O)C2CCNCC2)c(C(F)(F)F)c1.Cl. The van der Waals surface area contributed by atoms with E-state index in [1.54, 1.807) is 13.8 Å². The van der Waals surface area contributed by atoms with Gasteiger partial charge in [-0.3, -0.25) is 4.79 Å².